The van der Waals surface area contributed by atoms with Gasteiger partial charge < -0.3 is 20.1 Å². The van der Waals surface area contributed by atoms with Crippen LogP contribution in [0.15, 0.2) is 30.5 Å². The molecule has 2 N–H and O–H groups in total. The summed E-state index contributed by atoms with van der Waals surface area (Å²) >= 11 is 5.37. The maximum absolute atomic E-state index is 5.58. The topological polar surface area (TPSA) is 55.4 Å². The molecule has 0 saturated carbocycles. The van der Waals surface area contributed by atoms with Gasteiger partial charge >= 0.3 is 0 Å². The second kappa shape index (κ2) is 6.89. The molecule has 1 aromatic heterocycles. The lowest BCUT2D eigenvalue weighted by Gasteiger charge is -2.15. The Hall–Kier alpha value is -1.92. The van der Waals surface area contributed by atoms with Crippen molar-refractivity contribution in [1.82, 2.24) is 10.3 Å². The Morgan fingerprint density at radius 2 is 2.36 bits per heavy atom. The van der Waals surface area contributed by atoms with E-state index in [2.05, 4.69) is 15.6 Å². The molecular formula is C16H19N3O2S. The first-order valence-corrected chi connectivity index (χ1v) is 7.77. The van der Waals surface area contributed by atoms with Gasteiger partial charge in [0.1, 0.15) is 11.3 Å². The third-order valence-corrected chi connectivity index (χ3v) is 3.96. The fourth-order valence-electron chi connectivity index (χ4n) is 2.60. The highest BCUT2D eigenvalue weighted by atomic mass is 32.1. The van der Waals surface area contributed by atoms with Crippen LogP contribution in [-0.4, -0.2) is 36.5 Å². The lowest BCUT2D eigenvalue weighted by Crippen LogP contribution is -2.34. The minimum Gasteiger partial charge on any atom is -0.494 e. The highest BCUT2D eigenvalue weighted by Crippen LogP contribution is 2.29. The van der Waals surface area contributed by atoms with E-state index in [1.165, 1.54) is 0 Å². The van der Waals surface area contributed by atoms with E-state index in [0.717, 1.165) is 48.3 Å². The fraction of sp³-hybridized carbons (Fsp3) is 0.375. The van der Waals surface area contributed by atoms with Crippen molar-refractivity contribution in [3.05, 3.63) is 30.5 Å². The molecule has 0 radical (unpaired) electrons. The second-order valence-corrected chi connectivity index (χ2v) is 5.59. The van der Waals surface area contributed by atoms with Crippen molar-refractivity contribution in [3.63, 3.8) is 0 Å². The lowest BCUT2D eigenvalue weighted by atomic mass is 10.1. The quantitative estimate of drug-likeness (QED) is 0.846. The Morgan fingerprint density at radius 1 is 1.45 bits per heavy atom. The van der Waals surface area contributed by atoms with Crippen molar-refractivity contribution >= 4 is 33.9 Å². The number of nitrogens with one attached hydrogen (secondary N) is 2. The van der Waals surface area contributed by atoms with E-state index in [1.54, 1.807) is 13.3 Å². The summed E-state index contributed by atoms with van der Waals surface area (Å²) in [5, 5.41) is 8.00. The van der Waals surface area contributed by atoms with Crippen LogP contribution in [0.25, 0.3) is 10.9 Å². The number of nitrogens with zero attached hydrogens (tertiary/aromatic N) is 1. The van der Waals surface area contributed by atoms with E-state index in [9.17, 15) is 0 Å². The Morgan fingerprint density at radius 3 is 3.14 bits per heavy atom. The number of hydrogen-bond acceptors (Lipinski definition) is 4. The van der Waals surface area contributed by atoms with Gasteiger partial charge in [0, 0.05) is 30.4 Å². The van der Waals surface area contributed by atoms with Crippen molar-refractivity contribution in [1.29, 1.82) is 0 Å². The van der Waals surface area contributed by atoms with Crippen LogP contribution in [0.3, 0.4) is 0 Å². The first kappa shape index (κ1) is 15.0. The summed E-state index contributed by atoms with van der Waals surface area (Å²) < 4.78 is 10.9. The van der Waals surface area contributed by atoms with Crippen molar-refractivity contribution in [2.75, 3.05) is 25.6 Å². The predicted molar refractivity (Wildman–Crippen MR) is 91.5 cm³/mol. The number of thiocarbonyl (C=S) groups is 1. The van der Waals surface area contributed by atoms with Gasteiger partial charge in [-0.1, -0.05) is 0 Å². The zero-order chi connectivity index (χ0) is 15.4. The molecule has 1 aliphatic heterocycles. The molecule has 3 rings (SSSR count). The summed E-state index contributed by atoms with van der Waals surface area (Å²) in [6.07, 6.45) is 4.23. The highest BCUT2D eigenvalue weighted by molar-refractivity contribution is 7.80. The Labute approximate surface area is 135 Å². The summed E-state index contributed by atoms with van der Waals surface area (Å²) in [5.74, 6) is 0.749. The van der Waals surface area contributed by atoms with Crippen molar-refractivity contribution in [3.8, 4) is 5.75 Å². The van der Waals surface area contributed by atoms with Gasteiger partial charge in [0.2, 0.25) is 0 Å². The Kier molecular flexibility index (Phi) is 4.70. The highest BCUT2D eigenvalue weighted by Gasteiger charge is 2.15. The number of aromatic nitrogens is 1. The van der Waals surface area contributed by atoms with Crippen LogP contribution in [0.4, 0.5) is 5.69 Å². The molecule has 1 aromatic carbocycles. The van der Waals surface area contributed by atoms with Gasteiger partial charge in [-0.2, -0.15) is 0 Å². The molecule has 1 unspecified atom stereocenters. The number of pyridine rings is 1. The van der Waals surface area contributed by atoms with Crippen LogP contribution >= 0.6 is 12.2 Å². The molecule has 0 spiro atoms. The monoisotopic (exact) mass is 317 g/mol. The van der Waals surface area contributed by atoms with Gasteiger partial charge in [-0.3, -0.25) is 4.98 Å². The van der Waals surface area contributed by atoms with Crippen LogP contribution in [0.2, 0.25) is 0 Å². The largest absolute Gasteiger partial charge is 0.494 e. The van der Waals surface area contributed by atoms with Crippen molar-refractivity contribution in [2.24, 2.45) is 0 Å². The van der Waals surface area contributed by atoms with E-state index in [0.29, 0.717) is 5.11 Å². The van der Waals surface area contributed by atoms with Gasteiger partial charge in [-0.05, 0) is 49.3 Å². The van der Waals surface area contributed by atoms with E-state index in [-0.39, 0.29) is 6.10 Å². The van der Waals surface area contributed by atoms with Crippen molar-refractivity contribution in [2.45, 2.75) is 18.9 Å². The molecule has 0 bridgehead atoms. The molecule has 0 amide bonds. The number of hydrogen-bond donors (Lipinski definition) is 2. The molecule has 0 aliphatic carbocycles. The molecule has 2 aromatic rings. The van der Waals surface area contributed by atoms with Gasteiger partial charge in [-0.25, -0.2) is 0 Å². The third kappa shape index (κ3) is 3.28. The summed E-state index contributed by atoms with van der Waals surface area (Å²) in [5.41, 5.74) is 1.73. The number of fused-ring (bicyclic) bond motifs is 1. The number of rotatable bonds is 4. The van der Waals surface area contributed by atoms with E-state index in [4.69, 9.17) is 21.7 Å². The van der Waals surface area contributed by atoms with E-state index >= 15 is 0 Å². The third-order valence-electron chi connectivity index (χ3n) is 3.72. The SMILES string of the molecule is COc1ccc(NC(=S)NCC2CCCO2)c2cccnc12. The van der Waals surface area contributed by atoms with Gasteiger partial charge in [0.15, 0.2) is 5.11 Å². The van der Waals surface area contributed by atoms with E-state index < -0.39 is 0 Å². The average Bonchev–Trinajstić information content (AvgIpc) is 3.07. The molecule has 116 valence electrons. The van der Waals surface area contributed by atoms with Crippen LogP contribution in [0, 0.1) is 0 Å². The predicted octanol–water partition coefficient (Wildman–Crippen LogP) is 2.71. The van der Waals surface area contributed by atoms with Crippen LogP contribution < -0.4 is 15.4 Å². The summed E-state index contributed by atoms with van der Waals surface area (Å²) in [6, 6.07) is 7.73. The number of ether oxygens (including phenoxy) is 2. The maximum atomic E-state index is 5.58. The molecule has 6 heteroatoms. The molecular weight excluding hydrogens is 298 g/mol. The minimum absolute atomic E-state index is 0.258. The standard InChI is InChI=1S/C16H19N3O2S/c1-20-14-7-6-13(12-5-2-8-17-15(12)14)19-16(22)18-10-11-4-3-9-21-11/h2,5-8,11H,3-4,9-10H2,1H3,(H2,18,19,22). The average molecular weight is 317 g/mol. The molecule has 1 aliphatic rings. The summed E-state index contributed by atoms with van der Waals surface area (Å²) in [7, 11) is 1.64. The smallest absolute Gasteiger partial charge is 0.170 e. The van der Waals surface area contributed by atoms with Crippen molar-refractivity contribution < 1.29 is 9.47 Å². The number of methoxy groups -OCH3 is 1. The summed E-state index contributed by atoms with van der Waals surface area (Å²) in [4.78, 5) is 4.38. The summed E-state index contributed by atoms with van der Waals surface area (Å²) in [6.45, 7) is 1.58. The minimum atomic E-state index is 0.258. The Bertz CT molecular complexity index is 671. The van der Waals surface area contributed by atoms with E-state index in [1.807, 2.05) is 24.3 Å². The first-order valence-electron chi connectivity index (χ1n) is 7.36. The second-order valence-electron chi connectivity index (χ2n) is 5.19. The zero-order valence-corrected chi connectivity index (χ0v) is 13.3. The zero-order valence-electron chi connectivity index (χ0n) is 12.5. The van der Waals surface area contributed by atoms with Crippen LogP contribution in [0.5, 0.6) is 5.75 Å². The molecule has 1 saturated heterocycles. The van der Waals surface area contributed by atoms with Crippen LogP contribution in [0.1, 0.15) is 12.8 Å². The number of anilines is 1. The maximum Gasteiger partial charge on any atom is 0.170 e. The van der Waals surface area contributed by atoms with Crippen LogP contribution in [-0.2, 0) is 4.74 Å². The first-order chi connectivity index (χ1) is 10.8. The fourth-order valence-corrected chi connectivity index (χ4v) is 2.79. The van der Waals surface area contributed by atoms with Gasteiger partial charge in [-0.15, -0.1) is 0 Å². The molecule has 5 nitrogen and oxygen atoms in total. The normalized spacial score (nSPS) is 17.4. The number of benzene rings is 1. The van der Waals surface area contributed by atoms with Gasteiger partial charge in [0.05, 0.1) is 13.2 Å². The molecule has 1 fully saturated rings. The molecule has 1 atom stereocenters. The molecule has 2 heterocycles. The Balaban J connectivity index is 1.71. The molecule has 22 heavy (non-hydrogen) atoms. The van der Waals surface area contributed by atoms with Gasteiger partial charge in [0.25, 0.3) is 0 Å². The lowest BCUT2D eigenvalue weighted by molar-refractivity contribution is 0.114.